The highest BCUT2D eigenvalue weighted by Crippen LogP contribution is 2.29. The molecule has 0 bridgehead atoms. The second kappa shape index (κ2) is 9.33. The summed E-state index contributed by atoms with van der Waals surface area (Å²) in [6, 6.07) is 0. The van der Waals surface area contributed by atoms with Crippen molar-refractivity contribution in [3.8, 4) is 0 Å². The molecule has 142 valence electrons. The highest BCUT2D eigenvalue weighted by atomic mass is 16.7. The fourth-order valence-corrected chi connectivity index (χ4v) is 2.38. The molecular weight excluding hydrogens is 340 g/mol. The molecule has 1 heterocycles. The van der Waals surface area contributed by atoms with E-state index in [2.05, 4.69) is 0 Å². The highest BCUT2D eigenvalue weighted by Gasteiger charge is 2.52. The zero-order valence-electron chi connectivity index (χ0n) is 14.7. The van der Waals surface area contributed by atoms with Crippen LogP contribution >= 0.6 is 0 Å². The number of ether oxygens (including phenoxy) is 6. The van der Waals surface area contributed by atoms with E-state index in [4.69, 9.17) is 28.4 Å². The monoisotopic (exact) mass is 362 g/mol. The molecule has 0 radical (unpaired) electrons. The summed E-state index contributed by atoms with van der Waals surface area (Å²) in [4.78, 5) is 45.4. The first-order valence-electron chi connectivity index (χ1n) is 7.49. The number of carbonyl (C=O) groups excluding carboxylic acids is 4. The summed E-state index contributed by atoms with van der Waals surface area (Å²) in [6.07, 6.45) is -5.67. The Morgan fingerprint density at radius 3 is 1.68 bits per heavy atom. The molecule has 1 rings (SSSR count). The fraction of sp³-hybridized carbons (Fsp3) is 0.733. The van der Waals surface area contributed by atoms with Crippen LogP contribution in [-0.4, -0.2) is 68.3 Å². The minimum absolute atomic E-state index is 0.280. The largest absolute Gasteiger partial charge is 0.463 e. The Hall–Kier alpha value is -2.20. The van der Waals surface area contributed by atoms with Gasteiger partial charge in [-0.15, -0.1) is 0 Å². The van der Waals surface area contributed by atoms with Crippen LogP contribution in [0.5, 0.6) is 0 Å². The molecule has 1 saturated heterocycles. The molecule has 0 aliphatic carbocycles. The van der Waals surface area contributed by atoms with E-state index < -0.39 is 54.6 Å². The van der Waals surface area contributed by atoms with Crippen LogP contribution < -0.4 is 0 Å². The Morgan fingerprint density at radius 2 is 1.24 bits per heavy atom. The minimum atomic E-state index is -1.20. The zero-order valence-corrected chi connectivity index (χ0v) is 14.7. The number of methoxy groups -OCH3 is 1. The molecule has 10 nitrogen and oxygen atoms in total. The van der Waals surface area contributed by atoms with E-state index in [1.54, 1.807) is 0 Å². The molecule has 1 aliphatic rings. The van der Waals surface area contributed by atoms with Gasteiger partial charge in [-0.25, -0.2) is 0 Å². The van der Waals surface area contributed by atoms with E-state index in [9.17, 15) is 19.2 Å². The van der Waals surface area contributed by atoms with Crippen LogP contribution in [0.4, 0.5) is 0 Å². The molecule has 0 aromatic carbocycles. The molecule has 0 aromatic rings. The molecule has 0 unspecified atom stereocenters. The molecule has 0 N–H and O–H groups in total. The van der Waals surface area contributed by atoms with Crippen LogP contribution in [0.1, 0.15) is 27.7 Å². The molecule has 0 amide bonds. The van der Waals surface area contributed by atoms with Gasteiger partial charge >= 0.3 is 23.9 Å². The summed E-state index contributed by atoms with van der Waals surface area (Å²) < 4.78 is 31.1. The smallest absolute Gasteiger partial charge is 0.303 e. The molecule has 1 aliphatic heterocycles. The average molecular weight is 362 g/mol. The van der Waals surface area contributed by atoms with Crippen LogP contribution in [0.15, 0.2) is 0 Å². The van der Waals surface area contributed by atoms with Crippen LogP contribution in [0.3, 0.4) is 0 Å². The van der Waals surface area contributed by atoms with Crippen molar-refractivity contribution in [2.45, 2.75) is 58.4 Å². The van der Waals surface area contributed by atoms with Crippen molar-refractivity contribution in [3.63, 3.8) is 0 Å². The number of hydrogen-bond donors (Lipinski definition) is 0. The van der Waals surface area contributed by atoms with Gasteiger partial charge in [0.25, 0.3) is 0 Å². The second-order valence-electron chi connectivity index (χ2n) is 5.30. The summed E-state index contributed by atoms with van der Waals surface area (Å²) >= 11 is 0. The maximum absolute atomic E-state index is 11.5. The van der Waals surface area contributed by atoms with Gasteiger partial charge in [-0.3, -0.25) is 19.2 Å². The first kappa shape index (κ1) is 20.8. The lowest BCUT2D eigenvalue weighted by Crippen LogP contribution is -2.62. The van der Waals surface area contributed by atoms with Crippen molar-refractivity contribution in [2.24, 2.45) is 0 Å². The summed E-state index contributed by atoms with van der Waals surface area (Å²) in [5, 5.41) is 0. The number of hydrogen-bond acceptors (Lipinski definition) is 10. The van der Waals surface area contributed by atoms with Crippen molar-refractivity contribution < 1.29 is 47.6 Å². The van der Waals surface area contributed by atoms with E-state index in [1.165, 1.54) is 14.0 Å². The molecule has 0 spiro atoms. The van der Waals surface area contributed by atoms with Gasteiger partial charge in [0.1, 0.15) is 12.7 Å². The number of esters is 4. The highest BCUT2D eigenvalue weighted by molar-refractivity contribution is 5.68. The molecule has 1 fully saturated rings. The van der Waals surface area contributed by atoms with Gasteiger partial charge in [0, 0.05) is 34.8 Å². The third kappa shape index (κ3) is 6.31. The quantitative estimate of drug-likeness (QED) is 0.460. The summed E-state index contributed by atoms with van der Waals surface area (Å²) in [5.74, 6) is -2.63. The van der Waals surface area contributed by atoms with E-state index >= 15 is 0 Å². The molecule has 25 heavy (non-hydrogen) atoms. The summed E-state index contributed by atoms with van der Waals surface area (Å²) in [5.41, 5.74) is 0. The Bertz CT molecular complexity index is 516. The lowest BCUT2D eigenvalue weighted by atomic mass is 9.98. The molecule has 10 heteroatoms. The Labute approximate surface area is 144 Å². The van der Waals surface area contributed by atoms with Gasteiger partial charge in [0.15, 0.2) is 24.6 Å². The predicted octanol–water partition coefficient (Wildman–Crippen LogP) is -0.284. The van der Waals surface area contributed by atoms with Crippen LogP contribution in [0.2, 0.25) is 0 Å². The normalized spacial score (nSPS) is 28.6. The number of rotatable bonds is 6. The minimum Gasteiger partial charge on any atom is -0.463 e. The lowest BCUT2D eigenvalue weighted by Gasteiger charge is -2.43. The maximum atomic E-state index is 11.5. The molecular formula is C15H22O10. The van der Waals surface area contributed by atoms with Gasteiger partial charge in [-0.2, -0.15) is 0 Å². The summed E-state index contributed by atoms with van der Waals surface area (Å²) in [7, 11) is 1.29. The zero-order chi connectivity index (χ0) is 19.1. The maximum Gasteiger partial charge on any atom is 0.303 e. The van der Waals surface area contributed by atoms with Gasteiger partial charge in [-0.1, -0.05) is 0 Å². The van der Waals surface area contributed by atoms with E-state index in [-0.39, 0.29) is 6.61 Å². The second-order valence-corrected chi connectivity index (χ2v) is 5.30. The first-order chi connectivity index (χ1) is 11.6. The Balaban J connectivity index is 3.18. The van der Waals surface area contributed by atoms with Crippen molar-refractivity contribution in [1.82, 2.24) is 0 Å². The average Bonchev–Trinajstić information content (AvgIpc) is 2.48. The first-order valence-corrected chi connectivity index (χ1v) is 7.49. The molecule has 0 saturated carbocycles. The third-order valence-corrected chi connectivity index (χ3v) is 3.18. The molecule has 5 atom stereocenters. The van der Waals surface area contributed by atoms with Crippen LogP contribution in [-0.2, 0) is 47.6 Å². The van der Waals surface area contributed by atoms with Crippen LogP contribution in [0.25, 0.3) is 0 Å². The predicted molar refractivity (Wildman–Crippen MR) is 79.0 cm³/mol. The van der Waals surface area contributed by atoms with Crippen molar-refractivity contribution >= 4 is 23.9 Å². The van der Waals surface area contributed by atoms with E-state index in [0.29, 0.717) is 0 Å². The summed E-state index contributed by atoms with van der Waals surface area (Å²) in [6.45, 7) is 4.37. The Kier molecular flexibility index (Phi) is 7.78. The van der Waals surface area contributed by atoms with Crippen molar-refractivity contribution in [2.75, 3.05) is 13.7 Å². The van der Waals surface area contributed by atoms with Gasteiger partial charge in [0.2, 0.25) is 0 Å². The number of carbonyl (C=O) groups is 4. The van der Waals surface area contributed by atoms with Crippen LogP contribution in [0, 0.1) is 0 Å². The van der Waals surface area contributed by atoms with Gasteiger partial charge < -0.3 is 28.4 Å². The SMILES string of the molecule is CO[C@H]1O[C@H](COC(C)=O)[C@H](OC(C)=O)[C@H](OC(C)=O)[C@H]1OC(C)=O. The van der Waals surface area contributed by atoms with Crippen molar-refractivity contribution in [1.29, 1.82) is 0 Å². The van der Waals surface area contributed by atoms with E-state index in [0.717, 1.165) is 20.8 Å². The van der Waals surface area contributed by atoms with Gasteiger partial charge in [0.05, 0.1) is 0 Å². The lowest BCUT2D eigenvalue weighted by molar-refractivity contribution is -0.302. The van der Waals surface area contributed by atoms with Gasteiger partial charge in [-0.05, 0) is 0 Å². The third-order valence-electron chi connectivity index (χ3n) is 3.18. The molecule has 0 aromatic heterocycles. The standard InChI is InChI=1S/C15H22O10/c1-7(16)21-6-11-12(22-8(2)17)13(23-9(3)18)14(24-10(4)19)15(20-5)25-11/h11-15H,6H2,1-5H3/t11-,12+,13+,14-,15+/m1/s1. The topological polar surface area (TPSA) is 124 Å². The Morgan fingerprint density at radius 1 is 0.760 bits per heavy atom. The fourth-order valence-electron chi connectivity index (χ4n) is 2.38. The van der Waals surface area contributed by atoms with E-state index in [1.807, 2.05) is 0 Å². The van der Waals surface area contributed by atoms with Crippen molar-refractivity contribution in [3.05, 3.63) is 0 Å².